The minimum atomic E-state index is -0.699. The Morgan fingerprint density at radius 2 is 2.14 bits per heavy atom. The molecule has 14 heavy (non-hydrogen) atoms. The summed E-state index contributed by atoms with van der Waals surface area (Å²) in [5.41, 5.74) is 0.401. The highest BCUT2D eigenvalue weighted by molar-refractivity contribution is 5.70. The van der Waals surface area contributed by atoms with Gasteiger partial charge < -0.3 is 15.2 Å². The fraction of sp³-hybridized carbons (Fsp3) is 0.900. The molecule has 78 valence electrons. The van der Waals surface area contributed by atoms with Crippen LogP contribution in [0.4, 0.5) is 0 Å². The average Bonchev–Trinajstić information content (AvgIpc) is 2.41. The molecule has 0 aromatic carbocycles. The summed E-state index contributed by atoms with van der Waals surface area (Å²) in [6, 6.07) is 0. The number of rotatable bonds is 1. The van der Waals surface area contributed by atoms with Crippen molar-refractivity contribution in [1.82, 2.24) is 5.32 Å². The van der Waals surface area contributed by atoms with Gasteiger partial charge in [-0.1, -0.05) is 0 Å². The summed E-state index contributed by atoms with van der Waals surface area (Å²) in [4.78, 5) is 10.8. The molecule has 2 aliphatic heterocycles. The third-order valence-corrected chi connectivity index (χ3v) is 3.95. The van der Waals surface area contributed by atoms with Crippen LogP contribution in [-0.4, -0.2) is 36.4 Å². The molecule has 2 saturated heterocycles. The molecule has 0 aromatic heterocycles. The van der Waals surface area contributed by atoms with Crippen molar-refractivity contribution < 1.29 is 14.6 Å². The van der Waals surface area contributed by atoms with E-state index in [1.165, 1.54) is 0 Å². The summed E-state index contributed by atoms with van der Waals surface area (Å²) in [5.74, 6) is -0.963. The van der Waals surface area contributed by atoms with Crippen LogP contribution in [0.2, 0.25) is 0 Å². The molecule has 1 saturated carbocycles. The van der Waals surface area contributed by atoms with Gasteiger partial charge >= 0.3 is 5.97 Å². The molecule has 3 fully saturated rings. The van der Waals surface area contributed by atoms with Crippen LogP contribution in [0.3, 0.4) is 0 Å². The Bertz CT molecular complexity index is 277. The zero-order valence-electron chi connectivity index (χ0n) is 8.08. The fourth-order valence-electron chi connectivity index (χ4n) is 3.29. The lowest BCUT2D eigenvalue weighted by atomic mass is 9.55. The Morgan fingerprint density at radius 3 is 2.57 bits per heavy atom. The molecule has 0 amide bonds. The van der Waals surface area contributed by atoms with Gasteiger partial charge in [-0.25, -0.2) is 0 Å². The van der Waals surface area contributed by atoms with E-state index in [1.54, 1.807) is 0 Å². The molecule has 1 atom stereocenters. The number of nitrogens with one attached hydrogen (secondary N) is 1. The number of aliphatic carboxylic acids is 1. The summed E-state index contributed by atoms with van der Waals surface area (Å²) in [6.45, 7) is 2.60. The number of carbonyl (C=O) groups is 1. The normalized spacial score (nSPS) is 36.7. The van der Waals surface area contributed by atoms with Crippen molar-refractivity contribution >= 4 is 5.97 Å². The van der Waals surface area contributed by atoms with E-state index in [0.29, 0.717) is 12.0 Å². The van der Waals surface area contributed by atoms with Crippen LogP contribution < -0.4 is 5.32 Å². The van der Waals surface area contributed by atoms with Crippen molar-refractivity contribution in [1.29, 1.82) is 0 Å². The summed E-state index contributed by atoms with van der Waals surface area (Å²) in [6.07, 6.45) is 2.86. The van der Waals surface area contributed by atoms with Gasteiger partial charge in [0.1, 0.15) is 0 Å². The van der Waals surface area contributed by atoms with Crippen LogP contribution in [-0.2, 0) is 9.53 Å². The monoisotopic (exact) mass is 197 g/mol. The smallest absolute Gasteiger partial charge is 0.308 e. The van der Waals surface area contributed by atoms with Gasteiger partial charge in [-0.3, -0.25) is 4.79 Å². The van der Waals surface area contributed by atoms with Gasteiger partial charge in [0.2, 0.25) is 0 Å². The Balaban J connectivity index is 1.63. The van der Waals surface area contributed by atoms with E-state index in [-0.39, 0.29) is 11.5 Å². The quantitative estimate of drug-likeness (QED) is 0.631. The fourth-order valence-corrected chi connectivity index (χ4v) is 3.29. The molecule has 0 bridgehead atoms. The van der Waals surface area contributed by atoms with Gasteiger partial charge in [-0.15, -0.1) is 0 Å². The van der Waals surface area contributed by atoms with E-state index in [9.17, 15) is 4.79 Å². The number of carboxylic acids is 1. The third-order valence-electron chi connectivity index (χ3n) is 3.95. The van der Waals surface area contributed by atoms with Gasteiger partial charge in [0, 0.05) is 18.5 Å². The molecule has 0 aromatic rings. The van der Waals surface area contributed by atoms with Gasteiger partial charge in [-0.05, 0) is 19.3 Å². The number of carboxylic acid groups (broad SMARTS) is 1. The molecule has 1 unspecified atom stereocenters. The first-order valence-electron chi connectivity index (χ1n) is 5.21. The average molecular weight is 197 g/mol. The Kier molecular flexibility index (Phi) is 1.55. The molecule has 2 N–H and O–H groups in total. The predicted octanol–water partition coefficient (Wildman–Crippen LogP) is 0.230. The minimum Gasteiger partial charge on any atom is -0.481 e. The van der Waals surface area contributed by atoms with Crippen molar-refractivity contribution in [2.75, 3.05) is 19.7 Å². The number of hydrogen-bond donors (Lipinski definition) is 2. The maximum Gasteiger partial charge on any atom is 0.308 e. The van der Waals surface area contributed by atoms with E-state index < -0.39 is 5.97 Å². The molecule has 4 heteroatoms. The van der Waals surface area contributed by atoms with Crippen molar-refractivity contribution in [2.45, 2.75) is 24.9 Å². The summed E-state index contributed by atoms with van der Waals surface area (Å²) >= 11 is 0. The lowest BCUT2D eigenvalue weighted by Crippen LogP contribution is -2.66. The van der Waals surface area contributed by atoms with E-state index >= 15 is 0 Å². The van der Waals surface area contributed by atoms with Crippen LogP contribution >= 0.6 is 0 Å². The van der Waals surface area contributed by atoms with E-state index in [4.69, 9.17) is 9.84 Å². The van der Waals surface area contributed by atoms with Crippen molar-refractivity contribution in [3.63, 3.8) is 0 Å². The summed E-state index contributed by atoms with van der Waals surface area (Å²) in [7, 11) is 0. The maximum atomic E-state index is 10.8. The van der Waals surface area contributed by atoms with Crippen LogP contribution in [0, 0.1) is 11.3 Å². The van der Waals surface area contributed by atoms with Gasteiger partial charge in [0.25, 0.3) is 0 Å². The van der Waals surface area contributed by atoms with Gasteiger partial charge in [0.15, 0.2) is 0 Å². The van der Waals surface area contributed by atoms with E-state index in [1.807, 2.05) is 0 Å². The molecule has 1 aliphatic carbocycles. The lowest BCUT2D eigenvalue weighted by Gasteiger charge is -2.59. The predicted molar refractivity (Wildman–Crippen MR) is 49.0 cm³/mol. The molecular formula is C10H15NO3. The van der Waals surface area contributed by atoms with Crippen molar-refractivity contribution in [3.05, 3.63) is 0 Å². The Labute approximate surface area is 82.6 Å². The van der Waals surface area contributed by atoms with Crippen LogP contribution in [0.1, 0.15) is 19.3 Å². The molecule has 2 spiro atoms. The van der Waals surface area contributed by atoms with Crippen molar-refractivity contribution in [2.24, 2.45) is 11.3 Å². The molecule has 0 radical (unpaired) electrons. The number of ether oxygens (including phenoxy) is 1. The topological polar surface area (TPSA) is 58.6 Å². The lowest BCUT2D eigenvalue weighted by molar-refractivity contribution is -0.157. The van der Waals surface area contributed by atoms with E-state index in [2.05, 4.69) is 5.32 Å². The molecular weight excluding hydrogens is 182 g/mol. The van der Waals surface area contributed by atoms with Crippen LogP contribution in [0.5, 0.6) is 0 Å². The molecule has 2 heterocycles. The largest absolute Gasteiger partial charge is 0.481 e. The summed E-state index contributed by atoms with van der Waals surface area (Å²) in [5, 5.41) is 12.1. The zero-order chi connectivity index (χ0) is 9.81. The third kappa shape index (κ3) is 1.04. The van der Waals surface area contributed by atoms with E-state index in [0.717, 1.165) is 32.4 Å². The second-order valence-electron chi connectivity index (χ2n) is 5.19. The highest BCUT2D eigenvalue weighted by Gasteiger charge is 2.61. The Morgan fingerprint density at radius 1 is 1.43 bits per heavy atom. The first-order valence-corrected chi connectivity index (χ1v) is 5.21. The van der Waals surface area contributed by atoms with Crippen LogP contribution in [0.25, 0.3) is 0 Å². The second kappa shape index (κ2) is 2.49. The standard InChI is InChI=1S/C10H15NO3/c12-8(13)7-1-10(14-2-7)3-9(4-10)5-11-6-9/h7,11H,1-6H2,(H,12,13). The highest BCUT2D eigenvalue weighted by Crippen LogP contribution is 2.57. The zero-order valence-corrected chi connectivity index (χ0v) is 8.08. The van der Waals surface area contributed by atoms with Crippen LogP contribution in [0.15, 0.2) is 0 Å². The molecule has 4 nitrogen and oxygen atoms in total. The van der Waals surface area contributed by atoms with Gasteiger partial charge in [-0.2, -0.15) is 0 Å². The molecule has 3 aliphatic rings. The summed E-state index contributed by atoms with van der Waals surface area (Å²) < 4.78 is 5.67. The maximum absolute atomic E-state index is 10.8. The Hall–Kier alpha value is -0.610. The molecule has 3 rings (SSSR count). The number of hydrogen-bond acceptors (Lipinski definition) is 3. The minimum absolute atomic E-state index is 0.0643. The first kappa shape index (κ1) is 8.68. The second-order valence-corrected chi connectivity index (χ2v) is 5.19. The highest BCUT2D eigenvalue weighted by atomic mass is 16.5. The van der Waals surface area contributed by atoms with Gasteiger partial charge in [0.05, 0.1) is 18.1 Å². The first-order chi connectivity index (χ1) is 6.63. The van der Waals surface area contributed by atoms with Crippen molar-refractivity contribution in [3.8, 4) is 0 Å². The SMILES string of the molecule is O=C(O)C1COC2(C1)CC1(CNC1)C2.